The highest BCUT2D eigenvalue weighted by Crippen LogP contribution is 2.55. The van der Waals surface area contributed by atoms with Gasteiger partial charge in [0.25, 0.3) is 5.91 Å². The summed E-state index contributed by atoms with van der Waals surface area (Å²) in [7, 11) is 3.97. The maximum atomic E-state index is 13.6. The molecule has 162 valence electrons. The Labute approximate surface area is 184 Å². The summed E-state index contributed by atoms with van der Waals surface area (Å²) in [5.41, 5.74) is 2.65. The zero-order chi connectivity index (χ0) is 21.6. The van der Waals surface area contributed by atoms with Crippen LogP contribution in [0, 0.1) is 5.41 Å². The van der Waals surface area contributed by atoms with Crippen LogP contribution in [0.4, 0.5) is 5.69 Å². The van der Waals surface area contributed by atoms with Gasteiger partial charge >= 0.3 is 0 Å². The minimum atomic E-state index is -0.367. The number of amides is 2. The van der Waals surface area contributed by atoms with E-state index in [4.69, 9.17) is 0 Å². The van der Waals surface area contributed by atoms with Gasteiger partial charge in [-0.15, -0.1) is 0 Å². The zero-order valence-electron chi connectivity index (χ0n) is 18.5. The number of carbonyl (C=O) groups excluding carboxylic acids is 2. The van der Waals surface area contributed by atoms with E-state index in [1.165, 1.54) is 5.56 Å². The number of anilines is 1. The molecule has 3 heterocycles. The van der Waals surface area contributed by atoms with Gasteiger partial charge in [0.2, 0.25) is 5.91 Å². The highest BCUT2D eigenvalue weighted by molar-refractivity contribution is 5.97. The van der Waals surface area contributed by atoms with Gasteiger partial charge in [-0.2, -0.15) is 0 Å². The molecule has 31 heavy (non-hydrogen) atoms. The van der Waals surface area contributed by atoms with E-state index < -0.39 is 0 Å². The smallest absolute Gasteiger partial charge is 0.254 e. The average Bonchev–Trinajstić information content (AvgIpc) is 3.44. The summed E-state index contributed by atoms with van der Waals surface area (Å²) in [5.74, 6) is 0.360. The molecular formula is C26H31N3O2. The van der Waals surface area contributed by atoms with Crippen molar-refractivity contribution >= 4 is 17.5 Å². The third-order valence-electron chi connectivity index (χ3n) is 7.64. The lowest BCUT2D eigenvalue weighted by Crippen LogP contribution is -2.45. The second-order valence-electron chi connectivity index (χ2n) is 9.54. The predicted octanol–water partition coefficient (Wildman–Crippen LogP) is 3.59. The second-order valence-corrected chi connectivity index (χ2v) is 9.54. The van der Waals surface area contributed by atoms with Crippen molar-refractivity contribution in [1.82, 2.24) is 9.80 Å². The van der Waals surface area contributed by atoms with Gasteiger partial charge in [0.1, 0.15) is 0 Å². The van der Waals surface area contributed by atoms with E-state index in [1.54, 1.807) is 0 Å². The standard InChI is InChI=1S/C26H31N3O2/c1-27(2)21-10-6-9-20(17-21)24(30)29-22-11-12-23(29)26(18-22)14-16-28(25(26)31)15-13-19-7-4-3-5-8-19/h3-10,17,22-23H,11-16,18H2,1-2H3/t22-,23-,26-/m0/s1. The van der Waals surface area contributed by atoms with Gasteiger partial charge in [-0.3, -0.25) is 9.59 Å². The normalized spacial score (nSPS) is 26.8. The molecule has 3 saturated heterocycles. The fourth-order valence-electron chi connectivity index (χ4n) is 6.03. The Morgan fingerprint density at radius 1 is 1.10 bits per heavy atom. The topological polar surface area (TPSA) is 43.9 Å². The van der Waals surface area contributed by atoms with Gasteiger partial charge in [-0.25, -0.2) is 0 Å². The summed E-state index contributed by atoms with van der Waals surface area (Å²) in [5, 5.41) is 0. The molecule has 0 aromatic heterocycles. The van der Waals surface area contributed by atoms with Crippen molar-refractivity contribution in [2.24, 2.45) is 5.41 Å². The molecule has 0 radical (unpaired) electrons. The van der Waals surface area contributed by atoms with Gasteiger partial charge in [0, 0.05) is 50.5 Å². The first-order valence-electron chi connectivity index (χ1n) is 11.4. The van der Waals surface area contributed by atoms with Crippen LogP contribution in [0.15, 0.2) is 54.6 Å². The van der Waals surface area contributed by atoms with Gasteiger partial charge in [-0.05, 0) is 55.9 Å². The van der Waals surface area contributed by atoms with Crippen LogP contribution in [-0.4, -0.2) is 60.9 Å². The van der Waals surface area contributed by atoms with E-state index in [1.807, 2.05) is 66.4 Å². The largest absolute Gasteiger partial charge is 0.378 e. The van der Waals surface area contributed by atoms with Crippen LogP contribution >= 0.6 is 0 Å². The van der Waals surface area contributed by atoms with E-state index >= 15 is 0 Å². The Balaban J connectivity index is 1.33. The number of rotatable bonds is 5. The molecule has 3 fully saturated rings. The first-order chi connectivity index (χ1) is 15.0. The fourth-order valence-corrected chi connectivity index (χ4v) is 6.03. The molecule has 3 aliphatic rings. The maximum absolute atomic E-state index is 13.6. The number of fused-ring (bicyclic) bond motifs is 3. The lowest BCUT2D eigenvalue weighted by molar-refractivity contribution is -0.137. The molecule has 2 aromatic rings. The van der Waals surface area contributed by atoms with Crippen molar-refractivity contribution in [3.8, 4) is 0 Å². The van der Waals surface area contributed by atoms with Crippen LogP contribution in [0.2, 0.25) is 0 Å². The minimum Gasteiger partial charge on any atom is -0.378 e. The summed E-state index contributed by atoms with van der Waals surface area (Å²) in [6.45, 7) is 1.58. The van der Waals surface area contributed by atoms with E-state index in [0.717, 1.165) is 56.4 Å². The van der Waals surface area contributed by atoms with E-state index in [-0.39, 0.29) is 29.3 Å². The summed E-state index contributed by atoms with van der Waals surface area (Å²) in [6.07, 6.45) is 4.56. The number of carbonyl (C=O) groups is 2. The predicted molar refractivity (Wildman–Crippen MR) is 122 cm³/mol. The summed E-state index contributed by atoms with van der Waals surface area (Å²) in [4.78, 5) is 33.2. The lowest BCUT2D eigenvalue weighted by atomic mass is 9.72. The molecule has 5 nitrogen and oxygen atoms in total. The number of hydrogen-bond donors (Lipinski definition) is 0. The van der Waals surface area contributed by atoms with E-state index in [2.05, 4.69) is 17.0 Å². The van der Waals surface area contributed by atoms with Crippen LogP contribution in [0.3, 0.4) is 0 Å². The summed E-state index contributed by atoms with van der Waals surface area (Å²) >= 11 is 0. The lowest BCUT2D eigenvalue weighted by Gasteiger charge is -2.32. The first-order valence-corrected chi connectivity index (χ1v) is 11.4. The van der Waals surface area contributed by atoms with Crippen molar-refractivity contribution in [2.45, 2.75) is 44.2 Å². The molecule has 3 atom stereocenters. The van der Waals surface area contributed by atoms with Crippen LogP contribution in [0.1, 0.15) is 41.6 Å². The number of hydrogen-bond acceptors (Lipinski definition) is 3. The molecule has 3 aliphatic heterocycles. The molecular weight excluding hydrogens is 386 g/mol. The molecule has 2 bridgehead atoms. The molecule has 0 unspecified atom stereocenters. The fraction of sp³-hybridized carbons (Fsp3) is 0.462. The number of likely N-dealkylation sites (tertiary alicyclic amines) is 1. The van der Waals surface area contributed by atoms with Crippen molar-refractivity contribution in [1.29, 1.82) is 0 Å². The minimum absolute atomic E-state index is 0.0437. The Morgan fingerprint density at radius 2 is 1.90 bits per heavy atom. The van der Waals surface area contributed by atoms with Crippen molar-refractivity contribution < 1.29 is 9.59 Å². The van der Waals surface area contributed by atoms with Crippen molar-refractivity contribution in [2.75, 3.05) is 32.1 Å². The first kappa shape index (κ1) is 20.1. The Kier molecular flexibility index (Phi) is 4.99. The second kappa shape index (κ2) is 7.70. The van der Waals surface area contributed by atoms with Crippen molar-refractivity contribution in [3.05, 3.63) is 65.7 Å². The van der Waals surface area contributed by atoms with Gasteiger partial charge in [-0.1, -0.05) is 36.4 Å². The molecule has 2 amide bonds. The molecule has 2 aromatic carbocycles. The number of benzene rings is 2. The van der Waals surface area contributed by atoms with Crippen molar-refractivity contribution in [3.63, 3.8) is 0 Å². The highest BCUT2D eigenvalue weighted by atomic mass is 16.2. The van der Waals surface area contributed by atoms with Gasteiger partial charge in [0.05, 0.1) is 5.41 Å². The third-order valence-corrected chi connectivity index (χ3v) is 7.64. The Bertz CT molecular complexity index is 989. The van der Waals surface area contributed by atoms with E-state index in [9.17, 15) is 9.59 Å². The molecule has 5 rings (SSSR count). The van der Waals surface area contributed by atoms with Crippen LogP contribution in [-0.2, 0) is 11.2 Å². The van der Waals surface area contributed by atoms with Crippen LogP contribution in [0.5, 0.6) is 0 Å². The van der Waals surface area contributed by atoms with E-state index in [0.29, 0.717) is 0 Å². The van der Waals surface area contributed by atoms with Crippen LogP contribution in [0.25, 0.3) is 0 Å². The quantitative estimate of drug-likeness (QED) is 0.747. The third kappa shape index (κ3) is 3.31. The zero-order valence-corrected chi connectivity index (χ0v) is 18.5. The molecule has 0 aliphatic carbocycles. The molecule has 0 N–H and O–H groups in total. The average molecular weight is 418 g/mol. The number of nitrogens with zero attached hydrogens (tertiary/aromatic N) is 3. The Morgan fingerprint density at radius 3 is 2.68 bits per heavy atom. The monoisotopic (exact) mass is 417 g/mol. The van der Waals surface area contributed by atoms with Gasteiger partial charge in [0.15, 0.2) is 0 Å². The summed E-state index contributed by atoms with van der Waals surface area (Å²) < 4.78 is 0. The Hall–Kier alpha value is -2.82. The summed E-state index contributed by atoms with van der Waals surface area (Å²) in [6, 6.07) is 18.4. The van der Waals surface area contributed by atoms with Gasteiger partial charge < -0.3 is 14.7 Å². The molecule has 0 saturated carbocycles. The maximum Gasteiger partial charge on any atom is 0.254 e. The molecule has 1 spiro atoms. The highest BCUT2D eigenvalue weighted by Gasteiger charge is 2.63. The molecule has 5 heteroatoms. The van der Waals surface area contributed by atoms with Crippen LogP contribution < -0.4 is 4.90 Å². The SMILES string of the molecule is CN(C)c1cccc(C(=O)N2[C@H]3CC[C@H]2[C@]2(CCN(CCc4ccccc4)C2=O)C3)c1.